The van der Waals surface area contributed by atoms with Gasteiger partial charge in [-0.1, -0.05) is 13.8 Å². The molecule has 0 amide bonds. The molecule has 2 aromatic heterocycles. The van der Waals surface area contributed by atoms with Crippen LogP contribution in [0.4, 0.5) is 14.7 Å². The molecule has 0 aliphatic carbocycles. The monoisotopic (exact) mass is 428 g/mol. The second-order valence-corrected chi connectivity index (χ2v) is 8.94. The second-order valence-electron chi connectivity index (χ2n) is 8.94. The molecule has 0 saturated carbocycles. The van der Waals surface area contributed by atoms with Crippen LogP contribution in [0.3, 0.4) is 0 Å². The minimum Gasteiger partial charge on any atom is -0.354 e. The summed E-state index contributed by atoms with van der Waals surface area (Å²) in [6.07, 6.45) is 6.43. The van der Waals surface area contributed by atoms with E-state index in [2.05, 4.69) is 51.0 Å². The molecule has 8 heteroatoms. The number of imidazole rings is 1. The number of hydrogen-bond donors (Lipinski definition) is 2. The fraction of sp³-hybridized carbons (Fsp3) is 0.522. The highest BCUT2D eigenvalue weighted by Gasteiger charge is 2.46. The zero-order valence-corrected chi connectivity index (χ0v) is 18.3. The van der Waals surface area contributed by atoms with Crippen LogP contribution in [0.1, 0.15) is 44.9 Å². The Labute approximate surface area is 181 Å². The summed E-state index contributed by atoms with van der Waals surface area (Å²) < 4.78 is 28.1. The van der Waals surface area contributed by atoms with E-state index in [1.165, 1.54) is 0 Å². The molecule has 4 rings (SSSR count). The van der Waals surface area contributed by atoms with Gasteiger partial charge >= 0.3 is 0 Å². The van der Waals surface area contributed by atoms with Gasteiger partial charge in [0, 0.05) is 31.4 Å². The molecular weight excluding hydrogens is 398 g/mol. The molecule has 1 aliphatic rings. The molecule has 2 N–H and O–H groups in total. The van der Waals surface area contributed by atoms with Crippen LogP contribution in [0, 0.1) is 23.0 Å². The fourth-order valence-corrected chi connectivity index (χ4v) is 5.01. The second kappa shape index (κ2) is 8.86. The summed E-state index contributed by atoms with van der Waals surface area (Å²) >= 11 is 0. The summed E-state index contributed by atoms with van der Waals surface area (Å²) in [7, 11) is 2.11. The number of aromatic amines is 1. The Morgan fingerprint density at radius 3 is 2.77 bits per heavy atom. The van der Waals surface area contributed by atoms with Crippen molar-refractivity contribution in [2.75, 3.05) is 32.0 Å². The number of aromatic nitrogens is 4. The number of fused-ring (bicyclic) bond motifs is 1. The highest BCUT2D eigenvalue weighted by atomic mass is 19.2. The Morgan fingerprint density at radius 2 is 2.03 bits per heavy atom. The fourth-order valence-electron chi connectivity index (χ4n) is 5.01. The van der Waals surface area contributed by atoms with Gasteiger partial charge in [0.1, 0.15) is 11.3 Å². The van der Waals surface area contributed by atoms with E-state index >= 15 is 0 Å². The molecule has 166 valence electrons. The van der Waals surface area contributed by atoms with Gasteiger partial charge in [-0.2, -0.15) is 0 Å². The van der Waals surface area contributed by atoms with E-state index in [4.69, 9.17) is 0 Å². The van der Waals surface area contributed by atoms with Crippen LogP contribution in [0.15, 0.2) is 30.6 Å². The molecular formula is C23H30F2N6. The maximum Gasteiger partial charge on any atom is 0.222 e. The Morgan fingerprint density at radius 1 is 1.26 bits per heavy atom. The Hall–Kier alpha value is -2.61. The smallest absolute Gasteiger partial charge is 0.222 e. The largest absolute Gasteiger partial charge is 0.354 e. The van der Waals surface area contributed by atoms with Crippen molar-refractivity contribution in [1.82, 2.24) is 24.8 Å². The van der Waals surface area contributed by atoms with Crippen LogP contribution in [0.2, 0.25) is 0 Å². The number of halogens is 2. The number of piperidine rings is 1. The lowest BCUT2D eigenvalue weighted by molar-refractivity contribution is 0.0325. The quantitative estimate of drug-likeness (QED) is 0.539. The summed E-state index contributed by atoms with van der Waals surface area (Å²) in [5.74, 6) is 0.153. The highest BCUT2D eigenvalue weighted by molar-refractivity contribution is 5.76. The number of benzene rings is 1. The van der Waals surface area contributed by atoms with E-state index in [1.807, 2.05) is 0 Å². The molecule has 31 heavy (non-hydrogen) atoms. The van der Waals surface area contributed by atoms with Crippen molar-refractivity contribution in [2.45, 2.75) is 39.0 Å². The van der Waals surface area contributed by atoms with Crippen LogP contribution in [0.25, 0.3) is 11.0 Å². The normalized spacial score (nSPS) is 22.3. The van der Waals surface area contributed by atoms with Crippen molar-refractivity contribution in [2.24, 2.45) is 11.3 Å². The minimum absolute atomic E-state index is 0.00856. The van der Waals surface area contributed by atoms with Gasteiger partial charge in [-0.05, 0) is 62.4 Å². The van der Waals surface area contributed by atoms with Crippen LogP contribution in [0.5, 0.6) is 0 Å². The average Bonchev–Trinajstić information content (AvgIpc) is 3.20. The third-order valence-electron chi connectivity index (χ3n) is 6.86. The summed E-state index contributed by atoms with van der Waals surface area (Å²) in [6.45, 7) is 7.13. The van der Waals surface area contributed by atoms with Crippen molar-refractivity contribution < 1.29 is 8.78 Å². The van der Waals surface area contributed by atoms with Gasteiger partial charge in [0.25, 0.3) is 0 Å². The maximum atomic E-state index is 14.3. The molecule has 3 aromatic rings. The maximum absolute atomic E-state index is 14.3. The molecule has 1 aliphatic heterocycles. The third kappa shape index (κ3) is 4.26. The molecule has 2 unspecified atom stereocenters. The predicted octanol–water partition coefficient (Wildman–Crippen LogP) is 4.58. The molecule has 1 saturated heterocycles. The molecule has 2 atom stereocenters. The molecule has 0 spiro atoms. The highest BCUT2D eigenvalue weighted by Crippen LogP contribution is 2.50. The van der Waals surface area contributed by atoms with Gasteiger partial charge in [-0.15, -0.1) is 0 Å². The number of rotatable bonds is 7. The number of hydrogen-bond acceptors (Lipinski definition) is 5. The first-order valence-electron chi connectivity index (χ1n) is 10.9. The van der Waals surface area contributed by atoms with Gasteiger partial charge in [0.2, 0.25) is 5.95 Å². The van der Waals surface area contributed by atoms with Crippen LogP contribution in [-0.4, -0.2) is 51.5 Å². The standard InChI is InChI=1S/C23H30F2N6/c1-15(2)23(8-4-10-26-22-27-11-5-12-28-22)9-13-31(3)14-16(23)21-29-18-7-6-17(24)19(25)20(18)30-21/h5-7,11-12,15-16H,4,8-10,13-14H2,1-3H3,(H,29,30)(H,26,27,28). The van der Waals surface area contributed by atoms with Crippen molar-refractivity contribution in [3.63, 3.8) is 0 Å². The van der Waals surface area contributed by atoms with E-state index < -0.39 is 11.6 Å². The summed E-state index contributed by atoms with van der Waals surface area (Å²) in [5.41, 5.74) is 0.640. The van der Waals surface area contributed by atoms with Gasteiger partial charge < -0.3 is 15.2 Å². The van der Waals surface area contributed by atoms with Gasteiger partial charge in [-0.3, -0.25) is 0 Å². The zero-order chi connectivity index (χ0) is 22.0. The lowest BCUT2D eigenvalue weighted by Gasteiger charge is -2.49. The SMILES string of the molecule is CC(C)C1(CCCNc2ncccn2)CCN(C)CC1c1nc2c(F)c(F)ccc2[nH]1. The number of nitrogens with one attached hydrogen (secondary N) is 2. The Bertz CT molecular complexity index is 1020. The number of likely N-dealkylation sites (tertiary alicyclic amines) is 1. The third-order valence-corrected chi connectivity index (χ3v) is 6.86. The predicted molar refractivity (Wildman–Crippen MR) is 118 cm³/mol. The lowest BCUT2D eigenvalue weighted by atomic mass is 9.61. The molecule has 0 bridgehead atoms. The number of nitrogens with zero attached hydrogens (tertiary/aromatic N) is 4. The molecule has 1 aromatic carbocycles. The summed E-state index contributed by atoms with van der Waals surface area (Å²) in [5, 5.41) is 3.29. The Balaban J connectivity index is 1.59. The van der Waals surface area contributed by atoms with Crippen LogP contribution in [-0.2, 0) is 0 Å². The van der Waals surface area contributed by atoms with Crippen molar-refractivity contribution in [3.8, 4) is 0 Å². The first-order valence-corrected chi connectivity index (χ1v) is 10.9. The molecule has 3 heterocycles. The summed E-state index contributed by atoms with van der Waals surface area (Å²) in [4.78, 5) is 18.6. The molecule has 0 radical (unpaired) electrons. The van der Waals surface area contributed by atoms with Crippen LogP contribution < -0.4 is 5.32 Å². The van der Waals surface area contributed by atoms with E-state index in [1.54, 1.807) is 24.5 Å². The van der Waals surface area contributed by atoms with E-state index in [9.17, 15) is 8.78 Å². The number of H-pyrrole nitrogens is 1. The topological polar surface area (TPSA) is 69.7 Å². The van der Waals surface area contributed by atoms with Gasteiger partial charge in [-0.25, -0.2) is 23.7 Å². The van der Waals surface area contributed by atoms with E-state index in [-0.39, 0.29) is 16.8 Å². The molecule has 1 fully saturated rings. The molecule has 6 nitrogen and oxygen atoms in total. The van der Waals surface area contributed by atoms with E-state index in [0.29, 0.717) is 17.4 Å². The Kier molecular flexibility index (Phi) is 6.18. The van der Waals surface area contributed by atoms with Crippen molar-refractivity contribution in [3.05, 3.63) is 48.1 Å². The summed E-state index contributed by atoms with van der Waals surface area (Å²) in [6, 6.07) is 4.52. The first-order chi connectivity index (χ1) is 14.9. The number of anilines is 1. The van der Waals surface area contributed by atoms with E-state index in [0.717, 1.165) is 50.8 Å². The lowest BCUT2D eigenvalue weighted by Crippen LogP contribution is -2.47. The number of likely N-dealkylation sites (N-methyl/N-ethyl adjacent to an activating group) is 1. The van der Waals surface area contributed by atoms with Crippen molar-refractivity contribution >= 4 is 17.0 Å². The minimum atomic E-state index is -0.883. The zero-order valence-electron chi connectivity index (χ0n) is 18.3. The van der Waals surface area contributed by atoms with Crippen LogP contribution >= 0.6 is 0 Å². The van der Waals surface area contributed by atoms with Crippen molar-refractivity contribution in [1.29, 1.82) is 0 Å². The average molecular weight is 429 g/mol. The van der Waals surface area contributed by atoms with Gasteiger partial charge in [0.05, 0.1) is 5.52 Å². The first kappa shape index (κ1) is 21.6. The van der Waals surface area contributed by atoms with Gasteiger partial charge in [0.15, 0.2) is 11.6 Å².